The third kappa shape index (κ3) is 8.76. The van der Waals surface area contributed by atoms with Crippen LogP contribution in [0.2, 0.25) is 0 Å². The van der Waals surface area contributed by atoms with E-state index in [1.165, 1.54) is 11.9 Å². The summed E-state index contributed by atoms with van der Waals surface area (Å²) in [6, 6.07) is 0. The highest BCUT2D eigenvalue weighted by Crippen LogP contribution is 2.18. The molecule has 0 radical (unpaired) electrons. The van der Waals surface area contributed by atoms with E-state index < -0.39 is 12.7 Å². The quantitative estimate of drug-likeness (QED) is 0.501. The maximum atomic E-state index is 12.4. The minimum absolute atomic E-state index is 0.297. The van der Waals surface area contributed by atoms with Crippen LogP contribution in [0.1, 0.15) is 27.2 Å². The number of likely N-dealkylation sites (N-methyl/N-ethyl adjacent to an activating group) is 1. The van der Waals surface area contributed by atoms with Crippen molar-refractivity contribution < 1.29 is 13.2 Å². The minimum Gasteiger partial charge on any atom is -0.357 e. The molecule has 0 aromatic heterocycles. The molecule has 0 amide bonds. The molecule has 25 heavy (non-hydrogen) atoms. The normalized spacial score (nSPS) is 19.3. The zero-order valence-electron chi connectivity index (χ0n) is 16.1. The number of hydrogen-bond donors (Lipinski definition) is 1. The minimum atomic E-state index is -4.16. The van der Waals surface area contributed by atoms with E-state index >= 15 is 0 Å². The molecule has 148 valence electrons. The third-order valence-corrected chi connectivity index (χ3v) is 4.52. The van der Waals surface area contributed by atoms with Gasteiger partial charge >= 0.3 is 6.18 Å². The van der Waals surface area contributed by atoms with Crippen molar-refractivity contribution in [1.29, 1.82) is 0 Å². The van der Waals surface area contributed by atoms with E-state index in [1.54, 1.807) is 0 Å². The molecule has 0 aliphatic carbocycles. The number of aliphatic imine (C=N–C) groups is 1. The first-order valence-electron chi connectivity index (χ1n) is 9.29. The Morgan fingerprint density at radius 3 is 2.48 bits per heavy atom. The predicted octanol–water partition coefficient (Wildman–Crippen LogP) is 2.11. The Labute approximate surface area is 150 Å². The van der Waals surface area contributed by atoms with Gasteiger partial charge in [0.1, 0.15) is 0 Å². The van der Waals surface area contributed by atoms with Crippen molar-refractivity contribution in [1.82, 2.24) is 20.0 Å². The van der Waals surface area contributed by atoms with Crippen molar-refractivity contribution in [3.63, 3.8) is 0 Å². The van der Waals surface area contributed by atoms with Crippen molar-refractivity contribution in [2.24, 2.45) is 10.9 Å². The molecule has 0 spiro atoms. The monoisotopic (exact) mass is 365 g/mol. The van der Waals surface area contributed by atoms with Crippen LogP contribution >= 0.6 is 0 Å². The number of hydrogen-bond acceptors (Lipinski definition) is 3. The van der Waals surface area contributed by atoms with Gasteiger partial charge in [0.2, 0.25) is 0 Å². The topological polar surface area (TPSA) is 34.1 Å². The highest BCUT2D eigenvalue weighted by atomic mass is 19.4. The van der Waals surface area contributed by atoms with Gasteiger partial charge in [0.15, 0.2) is 5.96 Å². The summed E-state index contributed by atoms with van der Waals surface area (Å²) >= 11 is 0. The van der Waals surface area contributed by atoms with Crippen molar-refractivity contribution >= 4 is 5.96 Å². The van der Waals surface area contributed by atoms with Crippen molar-refractivity contribution in [2.75, 3.05) is 66.0 Å². The summed E-state index contributed by atoms with van der Waals surface area (Å²) in [5.41, 5.74) is 0. The van der Waals surface area contributed by atoms with Gasteiger partial charge in [-0.1, -0.05) is 13.8 Å². The number of nitrogens with zero attached hydrogens (tertiary/aromatic N) is 4. The molecule has 1 atom stereocenters. The lowest BCUT2D eigenvalue weighted by Crippen LogP contribution is -2.41. The molecule has 8 heteroatoms. The Morgan fingerprint density at radius 1 is 1.24 bits per heavy atom. The van der Waals surface area contributed by atoms with Gasteiger partial charge in [0.05, 0.1) is 13.1 Å². The predicted molar refractivity (Wildman–Crippen MR) is 97.0 cm³/mol. The molecule has 1 unspecified atom stereocenters. The lowest BCUT2D eigenvalue weighted by Gasteiger charge is -2.24. The Morgan fingerprint density at radius 2 is 1.92 bits per heavy atom. The second kappa shape index (κ2) is 10.9. The van der Waals surface area contributed by atoms with Gasteiger partial charge in [-0.15, -0.1) is 0 Å². The van der Waals surface area contributed by atoms with Crippen LogP contribution in [0.4, 0.5) is 13.2 Å². The Balaban J connectivity index is 2.50. The van der Waals surface area contributed by atoms with E-state index in [2.05, 4.69) is 34.0 Å². The fourth-order valence-electron chi connectivity index (χ4n) is 3.16. The largest absolute Gasteiger partial charge is 0.401 e. The maximum absolute atomic E-state index is 12.4. The van der Waals surface area contributed by atoms with Gasteiger partial charge < -0.3 is 15.1 Å². The molecule has 1 saturated heterocycles. The SMILES string of the molecule is CCNC(=NCCN(C)CC(F)(F)F)N1CCC(CN(CC)CC)C1. The zero-order chi connectivity index (χ0) is 18.9. The number of alkyl halides is 3. The standard InChI is InChI=1S/C17H34F3N5/c1-5-21-16(22-9-11-23(4)14-17(18,19)20)25-10-8-15(13-25)12-24(6-2)7-3/h15H,5-14H2,1-4H3,(H,21,22). The number of nitrogens with one attached hydrogen (secondary N) is 1. The van der Waals surface area contributed by atoms with Gasteiger partial charge in [-0.25, -0.2) is 0 Å². The average molecular weight is 365 g/mol. The van der Waals surface area contributed by atoms with Gasteiger partial charge in [-0.3, -0.25) is 9.89 Å². The Hall–Kier alpha value is -1.02. The molecule has 5 nitrogen and oxygen atoms in total. The number of guanidine groups is 1. The molecule has 1 aliphatic rings. The summed E-state index contributed by atoms with van der Waals surface area (Å²) in [5.74, 6) is 1.45. The van der Waals surface area contributed by atoms with Gasteiger partial charge in [-0.2, -0.15) is 13.2 Å². The van der Waals surface area contributed by atoms with E-state index in [4.69, 9.17) is 0 Å². The first kappa shape index (κ1) is 22.0. The van der Waals surface area contributed by atoms with Crippen LogP contribution < -0.4 is 5.32 Å². The highest BCUT2D eigenvalue weighted by molar-refractivity contribution is 5.80. The average Bonchev–Trinajstić information content (AvgIpc) is 2.98. The summed E-state index contributed by atoms with van der Waals surface area (Å²) in [6.07, 6.45) is -3.02. The second-order valence-corrected chi connectivity index (χ2v) is 6.68. The van der Waals surface area contributed by atoms with Crippen LogP contribution in [0, 0.1) is 5.92 Å². The highest BCUT2D eigenvalue weighted by Gasteiger charge is 2.29. The molecular weight excluding hydrogens is 331 g/mol. The summed E-state index contributed by atoms with van der Waals surface area (Å²) in [6.45, 7) is 12.0. The van der Waals surface area contributed by atoms with Gasteiger partial charge in [0.25, 0.3) is 0 Å². The summed E-state index contributed by atoms with van der Waals surface area (Å²) in [5, 5.41) is 3.27. The van der Waals surface area contributed by atoms with Gasteiger partial charge in [-0.05, 0) is 39.4 Å². The van der Waals surface area contributed by atoms with E-state index in [0.717, 1.165) is 51.6 Å². The zero-order valence-corrected chi connectivity index (χ0v) is 16.1. The van der Waals surface area contributed by atoms with Gasteiger partial charge in [0, 0.05) is 32.7 Å². The molecule has 1 N–H and O–H groups in total. The first-order chi connectivity index (χ1) is 11.8. The molecule has 1 rings (SSSR count). The fourth-order valence-corrected chi connectivity index (χ4v) is 3.16. The summed E-state index contributed by atoms with van der Waals surface area (Å²) < 4.78 is 37.1. The van der Waals surface area contributed by atoms with Crippen LogP contribution in [0.15, 0.2) is 4.99 Å². The molecule has 0 saturated carbocycles. The smallest absolute Gasteiger partial charge is 0.357 e. The van der Waals surface area contributed by atoms with E-state index in [1.807, 2.05) is 6.92 Å². The lowest BCUT2D eigenvalue weighted by atomic mass is 10.1. The maximum Gasteiger partial charge on any atom is 0.401 e. The number of rotatable bonds is 9. The van der Waals surface area contributed by atoms with Crippen LogP contribution in [-0.2, 0) is 0 Å². The van der Waals surface area contributed by atoms with Crippen molar-refractivity contribution in [3.8, 4) is 0 Å². The molecule has 0 bridgehead atoms. The summed E-state index contributed by atoms with van der Waals surface area (Å²) in [7, 11) is 1.48. The van der Waals surface area contributed by atoms with Crippen LogP contribution in [0.5, 0.6) is 0 Å². The van der Waals surface area contributed by atoms with E-state index in [9.17, 15) is 13.2 Å². The van der Waals surface area contributed by atoms with E-state index in [-0.39, 0.29) is 0 Å². The van der Waals surface area contributed by atoms with Crippen molar-refractivity contribution in [3.05, 3.63) is 0 Å². The van der Waals surface area contributed by atoms with Crippen LogP contribution in [-0.4, -0.2) is 92.8 Å². The molecule has 1 heterocycles. The van der Waals surface area contributed by atoms with Crippen LogP contribution in [0.25, 0.3) is 0 Å². The molecule has 1 aliphatic heterocycles. The Kier molecular flexibility index (Phi) is 9.56. The molecule has 1 fully saturated rings. The molecule has 0 aromatic carbocycles. The van der Waals surface area contributed by atoms with E-state index in [0.29, 0.717) is 19.0 Å². The molecular formula is C17H34F3N5. The number of likely N-dealkylation sites (tertiary alicyclic amines) is 1. The van der Waals surface area contributed by atoms with Crippen LogP contribution in [0.3, 0.4) is 0 Å². The number of halogens is 3. The molecule has 0 aromatic rings. The fraction of sp³-hybridized carbons (Fsp3) is 0.941. The second-order valence-electron chi connectivity index (χ2n) is 6.68. The first-order valence-corrected chi connectivity index (χ1v) is 9.29. The summed E-state index contributed by atoms with van der Waals surface area (Å²) in [4.78, 5) is 10.5. The third-order valence-electron chi connectivity index (χ3n) is 4.52. The lowest BCUT2D eigenvalue weighted by molar-refractivity contribution is -0.142. The van der Waals surface area contributed by atoms with Crippen molar-refractivity contribution in [2.45, 2.75) is 33.4 Å². The Bertz CT molecular complexity index is 396.